The largest absolute Gasteiger partial charge is 0.465 e. The Morgan fingerprint density at radius 3 is 2.58 bits per heavy atom. The molecule has 1 aliphatic heterocycles. The second-order valence-electron chi connectivity index (χ2n) is 6.14. The third kappa shape index (κ3) is 2.93. The first kappa shape index (κ1) is 17.0. The van der Waals surface area contributed by atoms with Crippen LogP contribution in [0.4, 0.5) is 0 Å². The van der Waals surface area contributed by atoms with Crippen LogP contribution in [-0.2, 0) is 14.3 Å². The number of hydrogen-bond acceptors (Lipinski definition) is 3. The summed E-state index contributed by atoms with van der Waals surface area (Å²) in [7, 11) is 1.35. The molecule has 1 aliphatic carbocycles. The molecule has 1 saturated carbocycles. The lowest BCUT2D eigenvalue weighted by molar-refractivity contribution is -0.136. The van der Waals surface area contributed by atoms with E-state index in [0.717, 1.165) is 35.7 Å². The molecule has 4 nitrogen and oxygen atoms in total. The minimum atomic E-state index is -0.459. The van der Waals surface area contributed by atoms with Gasteiger partial charge >= 0.3 is 5.97 Å². The molecule has 1 heterocycles. The lowest BCUT2D eigenvalue weighted by Crippen LogP contribution is -2.34. The number of allylic oxidation sites excluding steroid dienone is 1. The van der Waals surface area contributed by atoms with Crippen LogP contribution in [0, 0.1) is 0 Å². The van der Waals surface area contributed by atoms with Crippen molar-refractivity contribution in [2.45, 2.75) is 38.6 Å². The third-order valence-corrected chi connectivity index (χ3v) is 5.45. The van der Waals surface area contributed by atoms with Crippen LogP contribution in [0.5, 0.6) is 0 Å². The Bertz CT molecular complexity index is 745. The van der Waals surface area contributed by atoms with Gasteiger partial charge < -0.3 is 9.64 Å². The fraction of sp³-hybridized carbons (Fsp3) is 0.368. The number of benzene rings is 1. The molecule has 0 spiro atoms. The average molecular weight is 390 g/mol. The molecule has 3 rings (SSSR count). The number of carbonyl (C=O) groups excluding carboxylic acids is 2. The molecule has 5 heteroatoms. The van der Waals surface area contributed by atoms with Crippen molar-refractivity contribution in [2.75, 3.05) is 7.11 Å². The fourth-order valence-corrected chi connectivity index (χ4v) is 3.95. The summed E-state index contributed by atoms with van der Waals surface area (Å²) in [5.74, 6) is -0.560. The van der Waals surface area contributed by atoms with Gasteiger partial charge in [-0.2, -0.15) is 0 Å². The molecule has 0 unspecified atom stereocenters. The zero-order valence-electron chi connectivity index (χ0n) is 13.8. The number of rotatable bonds is 3. The Morgan fingerprint density at radius 1 is 1.29 bits per heavy atom. The maximum Gasteiger partial charge on any atom is 0.340 e. The number of ether oxygens (including phenoxy) is 1. The number of amides is 1. The smallest absolute Gasteiger partial charge is 0.340 e. The van der Waals surface area contributed by atoms with Crippen LogP contribution < -0.4 is 0 Å². The Kier molecular flexibility index (Phi) is 4.90. The minimum Gasteiger partial charge on any atom is -0.465 e. The Hall–Kier alpha value is -1.88. The van der Waals surface area contributed by atoms with Crippen LogP contribution in [0.25, 0.3) is 6.08 Å². The highest BCUT2D eigenvalue weighted by Gasteiger charge is 2.41. The first-order chi connectivity index (χ1) is 11.5. The van der Waals surface area contributed by atoms with Gasteiger partial charge in [0.1, 0.15) is 0 Å². The molecule has 0 bridgehead atoms. The molecule has 0 N–H and O–H groups in total. The van der Waals surface area contributed by atoms with Gasteiger partial charge in [-0.1, -0.05) is 47.0 Å². The second-order valence-corrected chi connectivity index (χ2v) is 7.00. The first-order valence-electron chi connectivity index (χ1n) is 8.14. The lowest BCUT2D eigenvalue weighted by Gasteiger charge is -2.25. The Morgan fingerprint density at radius 2 is 1.96 bits per heavy atom. The summed E-state index contributed by atoms with van der Waals surface area (Å²) in [5, 5.41) is 0. The lowest BCUT2D eigenvalue weighted by atomic mass is 10.0. The molecule has 0 aromatic heterocycles. The number of esters is 1. The van der Waals surface area contributed by atoms with Gasteiger partial charge in [-0.3, -0.25) is 4.79 Å². The predicted octanol–water partition coefficient (Wildman–Crippen LogP) is 4.06. The molecule has 1 aromatic rings. The SMILES string of the molecule is COC(=O)C1=C(C)N(C2CCCC2)C(=O)C1=Cc1ccccc1Br. The third-order valence-electron chi connectivity index (χ3n) is 4.73. The first-order valence-corrected chi connectivity index (χ1v) is 8.93. The normalized spacial score (nSPS) is 20.4. The maximum atomic E-state index is 13.0. The van der Waals surface area contributed by atoms with Crippen LogP contribution in [0.3, 0.4) is 0 Å². The topological polar surface area (TPSA) is 46.6 Å². The Labute approximate surface area is 150 Å². The zero-order chi connectivity index (χ0) is 17.3. The van der Waals surface area contributed by atoms with E-state index in [0.29, 0.717) is 16.8 Å². The minimum absolute atomic E-state index is 0.101. The van der Waals surface area contributed by atoms with Crippen LogP contribution in [0.2, 0.25) is 0 Å². The van der Waals surface area contributed by atoms with E-state index in [1.54, 1.807) is 11.0 Å². The molecule has 126 valence electrons. The van der Waals surface area contributed by atoms with E-state index < -0.39 is 5.97 Å². The van der Waals surface area contributed by atoms with E-state index in [-0.39, 0.29) is 11.9 Å². The van der Waals surface area contributed by atoms with E-state index >= 15 is 0 Å². The zero-order valence-corrected chi connectivity index (χ0v) is 15.4. The maximum absolute atomic E-state index is 13.0. The van der Waals surface area contributed by atoms with E-state index in [1.165, 1.54) is 7.11 Å². The van der Waals surface area contributed by atoms with Gasteiger partial charge in [0, 0.05) is 16.2 Å². The molecule has 1 aromatic carbocycles. The van der Waals surface area contributed by atoms with Crippen molar-refractivity contribution in [2.24, 2.45) is 0 Å². The molecule has 2 aliphatic rings. The molecular weight excluding hydrogens is 370 g/mol. The number of carbonyl (C=O) groups is 2. The second kappa shape index (κ2) is 6.93. The Balaban J connectivity index is 2.08. The number of methoxy groups -OCH3 is 1. The summed E-state index contributed by atoms with van der Waals surface area (Å²) in [6.45, 7) is 1.84. The molecule has 0 saturated heterocycles. The summed E-state index contributed by atoms with van der Waals surface area (Å²) in [5.41, 5.74) is 2.36. The predicted molar refractivity (Wildman–Crippen MR) is 95.9 cm³/mol. The van der Waals surface area contributed by atoms with Gasteiger partial charge in [-0.05, 0) is 37.5 Å². The van der Waals surface area contributed by atoms with Crippen LogP contribution in [0.15, 0.2) is 45.6 Å². The monoisotopic (exact) mass is 389 g/mol. The van der Waals surface area contributed by atoms with Gasteiger partial charge in [-0.25, -0.2) is 4.79 Å². The summed E-state index contributed by atoms with van der Waals surface area (Å²) in [6, 6.07) is 7.82. The summed E-state index contributed by atoms with van der Waals surface area (Å²) in [4.78, 5) is 27.1. The van der Waals surface area contributed by atoms with Gasteiger partial charge in [-0.15, -0.1) is 0 Å². The number of hydrogen-bond donors (Lipinski definition) is 0. The average Bonchev–Trinajstić information content (AvgIpc) is 3.16. The quantitative estimate of drug-likeness (QED) is 0.578. The van der Waals surface area contributed by atoms with Gasteiger partial charge in [0.2, 0.25) is 0 Å². The van der Waals surface area contributed by atoms with Crippen molar-refractivity contribution in [1.29, 1.82) is 0 Å². The molecule has 1 fully saturated rings. The van der Waals surface area contributed by atoms with Crippen molar-refractivity contribution in [3.05, 3.63) is 51.1 Å². The van der Waals surface area contributed by atoms with Crippen molar-refractivity contribution < 1.29 is 14.3 Å². The van der Waals surface area contributed by atoms with Crippen molar-refractivity contribution in [3.8, 4) is 0 Å². The van der Waals surface area contributed by atoms with Crippen molar-refractivity contribution in [3.63, 3.8) is 0 Å². The van der Waals surface area contributed by atoms with E-state index in [2.05, 4.69) is 15.9 Å². The van der Waals surface area contributed by atoms with E-state index in [9.17, 15) is 9.59 Å². The molecule has 24 heavy (non-hydrogen) atoms. The van der Waals surface area contributed by atoms with Crippen molar-refractivity contribution in [1.82, 2.24) is 4.90 Å². The molecular formula is C19H20BrNO3. The van der Waals surface area contributed by atoms with E-state index in [1.807, 2.05) is 31.2 Å². The highest BCUT2D eigenvalue weighted by molar-refractivity contribution is 9.10. The van der Waals surface area contributed by atoms with Gasteiger partial charge in [0.05, 0.1) is 18.3 Å². The molecule has 0 radical (unpaired) electrons. The van der Waals surface area contributed by atoms with E-state index in [4.69, 9.17) is 4.74 Å². The van der Waals surface area contributed by atoms with Crippen molar-refractivity contribution >= 4 is 33.9 Å². The molecule has 1 amide bonds. The van der Waals surface area contributed by atoms with Crippen LogP contribution >= 0.6 is 15.9 Å². The van der Waals surface area contributed by atoms with Crippen LogP contribution in [0.1, 0.15) is 38.2 Å². The summed E-state index contributed by atoms with van der Waals surface area (Å²) < 4.78 is 5.81. The highest BCUT2D eigenvalue weighted by Crippen LogP contribution is 2.37. The number of nitrogens with zero attached hydrogens (tertiary/aromatic N) is 1. The fourth-order valence-electron chi connectivity index (χ4n) is 3.55. The molecule has 0 atom stereocenters. The summed E-state index contributed by atoms with van der Waals surface area (Å²) >= 11 is 3.49. The number of halogens is 1. The van der Waals surface area contributed by atoms with Crippen LogP contribution in [-0.4, -0.2) is 29.9 Å². The van der Waals surface area contributed by atoms with Gasteiger partial charge in [0.25, 0.3) is 5.91 Å². The van der Waals surface area contributed by atoms with Gasteiger partial charge in [0.15, 0.2) is 0 Å². The standard InChI is InChI=1S/C19H20BrNO3/c1-12-17(19(23)24-2)15(11-13-7-3-6-10-16(13)20)18(22)21(12)14-8-4-5-9-14/h3,6-7,10-11,14H,4-5,8-9H2,1-2H3. The summed E-state index contributed by atoms with van der Waals surface area (Å²) in [6.07, 6.45) is 5.99. The highest BCUT2D eigenvalue weighted by atomic mass is 79.9.